The SMILES string of the molecule is COc1ccc(-c2nnn(Cc3ccc(C(=O)CO)cc3)n2)cc1. The van der Waals surface area contributed by atoms with Crippen molar-refractivity contribution < 1.29 is 14.6 Å². The number of methoxy groups -OCH3 is 1. The van der Waals surface area contributed by atoms with Crippen LogP contribution in [0.4, 0.5) is 0 Å². The van der Waals surface area contributed by atoms with Gasteiger partial charge in [0.25, 0.3) is 0 Å². The molecule has 7 nitrogen and oxygen atoms in total. The van der Waals surface area contributed by atoms with E-state index in [1.54, 1.807) is 31.4 Å². The lowest BCUT2D eigenvalue weighted by atomic mass is 10.1. The number of carbonyl (C=O) groups is 1. The molecule has 0 bridgehead atoms. The summed E-state index contributed by atoms with van der Waals surface area (Å²) in [6.07, 6.45) is 0. The molecule has 1 heterocycles. The van der Waals surface area contributed by atoms with Gasteiger partial charge in [0.15, 0.2) is 5.78 Å². The molecule has 0 aliphatic heterocycles. The van der Waals surface area contributed by atoms with Gasteiger partial charge < -0.3 is 9.84 Å². The first-order chi connectivity index (χ1) is 11.7. The first-order valence-corrected chi connectivity index (χ1v) is 7.35. The number of ketones is 1. The predicted molar refractivity (Wildman–Crippen MR) is 86.8 cm³/mol. The highest BCUT2D eigenvalue weighted by Crippen LogP contribution is 2.18. The number of nitrogens with zero attached hydrogens (tertiary/aromatic N) is 4. The van der Waals surface area contributed by atoms with Crippen LogP contribution in [0.5, 0.6) is 5.75 Å². The lowest BCUT2D eigenvalue weighted by molar-refractivity contribution is 0.0903. The smallest absolute Gasteiger partial charge is 0.204 e. The van der Waals surface area contributed by atoms with E-state index in [1.807, 2.05) is 24.3 Å². The zero-order valence-corrected chi connectivity index (χ0v) is 13.1. The average Bonchev–Trinajstić information content (AvgIpc) is 3.10. The van der Waals surface area contributed by atoms with E-state index in [4.69, 9.17) is 9.84 Å². The van der Waals surface area contributed by atoms with E-state index in [1.165, 1.54) is 4.80 Å². The van der Waals surface area contributed by atoms with Gasteiger partial charge in [-0.05, 0) is 35.0 Å². The minimum Gasteiger partial charge on any atom is -0.497 e. The number of Topliss-reactive ketones (excluding diaryl/α,β-unsaturated/α-hetero) is 1. The third-order valence-electron chi connectivity index (χ3n) is 3.54. The van der Waals surface area contributed by atoms with E-state index < -0.39 is 6.61 Å². The molecule has 122 valence electrons. The van der Waals surface area contributed by atoms with Gasteiger partial charge >= 0.3 is 0 Å². The summed E-state index contributed by atoms with van der Waals surface area (Å²) in [7, 11) is 1.61. The van der Waals surface area contributed by atoms with Gasteiger partial charge in [0.1, 0.15) is 12.4 Å². The number of hydrogen-bond donors (Lipinski definition) is 1. The molecule has 3 aromatic rings. The van der Waals surface area contributed by atoms with Crippen LogP contribution in [0.25, 0.3) is 11.4 Å². The van der Waals surface area contributed by atoms with E-state index in [9.17, 15) is 4.79 Å². The molecule has 3 rings (SSSR count). The molecule has 0 spiro atoms. The maximum atomic E-state index is 11.4. The first kappa shape index (κ1) is 15.8. The van der Waals surface area contributed by atoms with Crippen LogP contribution in [0.1, 0.15) is 15.9 Å². The Labute approximate surface area is 138 Å². The number of aromatic nitrogens is 4. The number of aliphatic hydroxyl groups excluding tert-OH is 1. The Morgan fingerprint density at radius 3 is 2.46 bits per heavy atom. The van der Waals surface area contributed by atoms with Crippen LogP contribution in [-0.4, -0.2) is 44.8 Å². The molecule has 0 fully saturated rings. The van der Waals surface area contributed by atoms with Crippen molar-refractivity contribution in [3.05, 3.63) is 59.7 Å². The molecular formula is C17H16N4O3. The van der Waals surface area contributed by atoms with Crippen LogP contribution in [0, 0.1) is 0 Å². The van der Waals surface area contributed by atoms with Crippen molar-refractivity contribution >= 4 is 5.78 Å². The fourth-order valence-electron chi connectivity index (χ4n) is 2.22. The highest BCUT2D eigenvalue weighted by Gasteiger charge is 2.08. The zero-order valence-electron chi connectivity index (χ0n) is 13.1. The Kier molecular flexibility index (Phi) is 4.62. The van der Waals surface area contributed by atoms with Crippen molar-refractivity contribution in [3.8, 4) is 17.1 Å². The van der Waals surface area contributed by atoms with Gasteiger partial charge in [-0.3, -0.25) is 4.79 Å². The second-order valence-corrected chi connectivity index (χ2v) is 5.15. The highest BCUT2D eigenvalue weighted by atomic mass is 16.5. The fraction of sp³-hybridized carbons (Fsp3) is 0.176. The highest BCUT2D eigenvalue weighted by molar-refractivity contribution is 5.96. The van der Waals surface area contributed by atoms with Crippen molar-refractivity contribution in [2.45, 2.75) is 6.54 Å². The molecule has 0 aliphatic rings. The summed E-state index contributed by atoms with van der Waals surface area (Å²) in [6, 6.07) is 14.4. The van der Waals surface area contributed by atoms with Crippen LogP contribution >= 0.6 is 0 Å². The number of tetrazole rings is 1. The summed E-state index contributed by atoms with van der Waals surface area (Å²) in [6.45, 7) is -0.0497. The maximum absolute atomic E-state index is 11.4. The first-order valence-electron chi connectivity index (χ1n) is 7.35. The number of hydrogen-bond acceptors (Lipinski definition) is 6. The quantitative estimate of drug-likeness (QED) is 0.692. The summed E-state index contributed by atoms with van der Waals surface area (Å²) in [5, 5.41) is 21.3. The van der Waals surface area contributed by atoms with Crippen molar-refractivity contribution in [2.75, 3.05) is 13.7 Å². The molecule has 7 heteroatoms. The standard InChI is InChI=1S/C17H16N4O3/c1-24-15-8-6-14(7-9-15)17-18-20-21(19-17)10-12-2-4-13(5-3-12)16(23)11-22/h2-9,22H,10-11H2,1H3. The fourth-order valence-corrected chi connectivity index (χ4v) is 2.22. The number of benzene rings is 2. The van der Waals surface area contributed by atoms with Gasteiger partial charge in [-0.25, -0.2) is 0 Å². The lowest BCUT2D eigenvalue weighted by Crippen LogP contribution is -2.06. The van der Waals surface area contributed by atoms with Crippen molar-refractivity contribution in [1.82, 2.24) is 20.2 Å². The number of ether oxygens (including phenoxy) is 1. The van der Waals surface area contributed by atoms with E-state index in [-0.39, 0.29) is 5.78 Å². The topological polar surface area (TPSA) is 90.1 Å². The number of carbonyl (C=O) groups excluding carboxylic acids is 1. The van der Waals surface area contributed by atoms with Gasteiger partial charge in [-0.15, -0.1) is 10.2 Å². The zero-order chi connectivity index (χ0) is 16.9. The van der Waals surface area contributed by atoms with E-state index >= 15 is 0 Å². The Morgan fingerprint density at radius 2 is 1.83 bits per heavy atom. The van der Waals surface area contributed by atoms with E-state index in [0.717, 1.165) is 16.9 Å². The maximum Gasteiger partial charge on any atom is 0.204 e. The summed E-state index contributed by atoms with van der Waals surface area (Å²) in [5.41, 5.74) is 2.26. The van der Waals surface area contributed by atoms with Crippen molar-refractivity contribution in [3.63, 3.8) is 0 Å². The molecule has 1 aromatic heterocycles. The van der Waals surface area contributed by atoms with Gasteiger partial charge in [0.05, 0.1) is 13.7 Å². The Balaban J connectivity index is 1.72. The summed E-state index contributed by atoms with van der Waals surface area (Å²) in [4.78, 5) is 12.9. The van der Waals surface area contributed by atoms with E-state index in [2.05, 4.69) is 15.4 Å². The third-order valence-corrected chi connectivity index (χ3v) is 3.54. The van der Waals surface area contributed by atoms with Crippen LogP contribution < -0.4 is 4.74 Å². The van der Waals surface area contributed by atoms with Crippen molar-refractivity contribution in [2.24, 2.45) is 0 Å². The molecule has 0 atom stereocenters. The van der Waals surface area contributed by atoms with Crippen LogP contribution in [-0.2, 0) is 6.54 Å². The van der Waals surface area contributed by atoms with Crippen LogP contribution in [0.3, 0.4) is 0 Å². The summed E-state index contributed by atoms with van der Waals surface area (Å²) in [5.74, 6) is 0.996. The molecule has 0 unspecified atom stereocenters. The lowest BCUT2D eigenvalue weighted by Gasteiger charge is -2.02. The second-order valence-electron chi connectivity index (χ2n) is 5.15. The summed E-state index contributed by atoms with van der Waals surface area (Å²) >= 11 is 0. The number of rotatable bonds is 6. The Morgan fingerprint density at radius 1 is 1.12 bits per heavy atom. The van der Waals surface area contributed by atoms with Crippen LogP contribution in [0.15, 0.2) is 48.5 Å². The second kappa shape index (κ2) is 7.01. The Bertz CT molecular complexity index is 826. The average molecular weight is 324 g/mol. The Hall–Kier alpha value is -3.06. The van der Waals surface area contributed by atoms with Crippen molar-refractivity contribution in [1.29, 1.82) is 0 Å². The largest absolute Gasteiger partial charge is 0.497 e. The molecule has 2 aromatic carbocycles. The number of aliphatic hydroxyl groups is 1. The van der Waals surface area contributed by atoms with Crippen LogP contribution in [0.2, 0.25) is 0 Å². The molecule has 0 saturated heterocycles. The van der Waals surface area contributed by atoms with Gasteiger partial charge in [-0.2, -0.15) is 4.80 Å². The minimum absolute atomic E-state index is 0.303. The molecule has 24 heavy (non-hydrogen) atoms. The monoisotopic (exact) mass is 324 g/mol. The molecule has 0 aliphatic carbocycles. The molecule has 0 radical (unpaired) electrons. The molecule has 1 N–H and O–H groups in total. The van der Waals surface area contributed by atoms with Gasteiger partial charge in [-0.1, -0.05) is 24.3 Å². The minimum atomic E-state index is -0.491. The molecule has 0 saturated carbocycles. The normalized spacial score (nSPS) is 10.6. The third kappa shape index (κ3) is 3.47. The van der Waals surface area contributed by atoms with Gasteiger partial charge in [0.2, 0.25) is 5.82 Å². The predicted octanol–water partition coefficient (Wildman–Crippen LogP) is 1.57. The van der Waals surface area contributed by atoms with Gasteiger partial charge in [0, 0.05) is 11.1 Å². The van der Waals surface area contributed by atoms with E-state index in [0.29, 0.717) is 17.9 Å². The summed E-state index contributed by atoms with van der Waals surface area (Å²) < 4.78 is 5.12. The molecule has 0 amide bonds. The molecular weight excluding hydrogens is 308 g/mol.